The summed E-state index contributed by atoms with van der Waals surface area (Å²) in [5, 5.41) is 10.8. The van der Waals surface area contributed by atoms with E-state index in [0.717, 1.165) is 56.0 Å². The molecule has 4 nitrogen and oxygen atoms in total. The van der Waals surface area contributed by atoms with Gasteiger partial charge in [0, 0.05) is 36.6 Å². The quantitative estimate of drug-likeness (QED) is 0.854. The molecule has 5 rings (SSSR count). The third-order valence-electron chi connectivity index (χ3n) is 6.52. The zero-order valence-electron chi connectivity index (χ0n) is 15.9. The van der Waals surface area contributed by atoms with Crippen molar-refractivity contribution in [2.75, 3.05) is 26.3 Å². The standard InChI is InChI=1S/C23H27NO3/c1-16-5-7-17(8-6-16)18-15-22-19(14-21(18)25)20-4-2-3-9-23(20,27-22)24-10-12-26-13-11-24/h5-8,14-15,20,25H,2-4,9-13H2,1H3. The first-order valence-electron chi connectivity index (χ1n) is 10.1. The fourth-order valence-corrected chi connectivity index (χ4v) is 5.13. The van der Waals surface area contributed by atoms with Crippen molar-refractivity contribution in [1.29, 1.82) is 0 Å². The van der Waals surface area contributed by atoms with Gasteiger partial charge >= 0.3 is 0 Å². The van der Waals surface area contributed by atoms with Crippen LogP contribution in [0.25, 0.3) is 11.1 Å². The topological polar surface area (TPSA) is 41.9 Å². The summed E-state index contributed by atoms with van der Waals surface area (Å²) in [4.78, 5) is 2.49. The summed E-state index contributed by atoms with van der Waals surface area (Å²) in [7, 11) is 0. The Labute approximate surface area is 160 Å². The van der Waals surface area contributed by atoms with Gasteiger partial charge in [-0.05, 0) is 37.5 Å². The number of nitrogens with zero attached hydrogens (tertiary/aromatic N) is 1. The van der Waals surface area contributed by atoms with Crippen LogP contribution in [0.3, 0.4) is 0 Å². The molecule has 2 fully saturated rings. The smallest absolute Gasteiger partial charge is 0.170 e. The molecule has 3 aliphatic rings. The average molecular weight is 365 g/mol. The van der Waals surface area contributed by atoms with Crippen molar-refractivity contribution >= 4 is 0 Å². The molecule has 27 heavy (non-hydrogen) atoms. The van der Waals surface area contributed by atoms with E-state index in [1.807, 2.05) is 6.07 Å². The molecule has 1 saturated carbocycles. The molecule has 2 aliphatic heterocycles. The lowest BCUT2D eigenvalue weighted by Gasteiger charge is -2.47. The third-order valence-corrected chi connectivity index (χ3v) is 6.52. The molecule has 2 atom stereocenters. The molecule has 2 unspecified atom stereocenters. The van der Waals surface area contributed by atoms with Crippen LogP contribution in [0.4, 0.5) is 0 Å². The molecule has 4 heteroatoms. The predicted octanol–water partition coefficient (Wildman–Crippen LogP) is 4.45. The van der Waals surface area contributed by atoms with Crippen molar-refractivity contribution in [3.8, 4) is 22.6 Å². The SMILES string of the molecule is Cc1ccc(-c2cc3c(cc2O)C2CCCCC2(N2CCOCC2)O3)cc1. The Hall–Kier alpha value is -2.04. The minimum absolute atomic E-state index is 0.261. The van der Waals surface area contributed by atoms with E-state index in [9.17, 15) is 5.11 Å². The van der Waals surface area contributed by atoms with Gasteiger partial charge in [0.1, 0.15) is 11.5 Å². The van der Waals surface area contributed by atoms with Gasteiger partial charge in [-0.2, -0.15) is 0 Å². The van der Waals surface area contributed by atoms with Crippen molar-refractivity contribution < 1.29 is 14.6 Å². The minimum atomic E-state index is -0.261. The summed E-state index contributed by atoms with van der Waals surface area (Å²) in [6.45, 7) is 5.46. The zero-order chi connectivity index (χ0) is 18.4. The first-order valence-corrected chi connectivity index (χ1v) is 10.1. The van der Waals surface area contributed by atoms with E-state index >= 15 is 0 Å². The number of ether oxygens (including phenoxy) is 2. The normalized spacial score (nSPS) is 27.7. The molecule has 142 valence electrons. The van der Waals surface area contributed by atoms with Gasteiger partial charge in [0.25, 0.3) is 0 Å². The zero-order valence-corrected chi connectivity index (χ0v) is 15.9. The molecular weight excluding hydrogens is 338 g/mol. The number of rotatable bonds is 2. The van der Waals surface area contributed by atoms with E-state index in [2.05, 4.69) is 42.2 Å². The van der Waals surface area contributed by atoms with Gasteiger partial charge in [-0.15, -0.1) is 0 Å². The van der Waals surface area contributed by atoms with Crippen LogP contribution in [0.15, 0.2) is 36.4 Å². The van der Waals surface area contributed by atoms with E-state index in [0.29, 0.717) is 11.7 Å². The van der Waals surface area contributed by atoms with Crippen molar-refractivity contribution in [2.45, 2.75) is 44.2 Å². The predicted molar refractivity (Wildman–Crippen MR) is 105 cm³/mol. The van der Waals surface area contributed by atoms with Crippen LogP contribution in [0.5, 0.6) is 11.5 Å². The molecule has 1 N–H and O–H groups in total. The molecule has 2 heterocycles. The van der Waals surface area contributed by atoms with Crippen LogP contribution in [-0.2, 0) is 4.74 Å². The molecule has 0 amide bonds. The maximum atomic E-state index is 10.8. The fourth-order valence-electron chi connectivity index (χ4n) is 5.13. The van der Waals surface area contributed by atoms with Crippen molar-refractivity contribution in [1.82, 2.24) is 4.90 Å². The number of morpholine rings is 1. The molecule has 1 saturated heterocycles. The maximum Gasteiger partial charge on any atom is 0.170 e. The second-order valence-electron chi connectivity index (χ2n) is 8.12. The molecule has 0 spiro atoms. The number of fused-ring (bicyclic) bond motifs is 3. The molecule has 2 aromatic rings. The number of phenolic OH excluding ortho intramolecular Hbond substituents is 1. The highest BCUT2D eigenvalue weighted by atomic mass is 16.5. The Morgan fingerprint density at radius 3 is 2.63 bits per heavy atom. The number of benzene rings is 2. The molecular formula is C23H27NO3. The van der Waals surface area contributed by atoms with Crippen LogP contribution in [0.2, 0.25) is 0 Å². The highest BCUT2D eigenvalue weighted by Gasteiger charge is 2.53. The van der Waals surface area contributed by atoms with Crippen molar-refractivity contribution in [3.63, 3.8) is 0 Å². The number of hydrogen-bond acceptors (Lipinski definition) is 4. The Balaban J connectivity index is 1.56. The molecule has 2 aromatic carbocycles. The van der Waals surface area contributed by atoms with Crippen LogP contribution >= 0.6 is 0 Å². The highest BCUT2D eigenvalue weighted by Crippen LogP contribution is 2.55. The minimum Gasteiger partial charge on any atom is -0.507 e. The lowest BCUT2D eigenvalue weighted by Crippen LogP contribution is -2.59. The van der Waals surface area contributed by atoms with Crippen LogP contribution in [0, 0.1) is 6.92 Å². The van der Waals surface area contributed by atoms with Gasteiger partial charge in [0.2, 0.25) is 0 Å². The summed E-state index contributed by atoms with van der Waals surface area (Å²) < 4.78 is 12.3. The lowest BCUT2D eigenvalue weighted by atomic mass is 9.77. The van der Waals surface area contributed by atoms with Crippen molar-refractivity contribution in [2.24, 2.45) is 0 Å². The van der Waals surface area contributed by atoms with Gasteiger partial charge < -0.3 is 14.6 Å². The molecule has 0 aromatic heterocycles. The van der Waals surface area contributed by atoms with E-state index in [4.69, 9.17) is 9.47 Å². The number of hydrogen-bond donors (Lipinski definition) is 1. The summed E-state index contributed by atoms with van der Waals surface area (Å²) >= 11 is 0. The summed E-state index contributed by atoms with van der Waals surface area (Å²) in [5.41, 5.74) is 4.01. The van der Waals surface area contributed by atoms with E-state index in [1.54, 1.807) is 0 Å². The second-order valence-corrected chi connectivity index (χ2v) is 8.12. The Morgan fingerprint density at radius 1 is 1.07 bits per heavy atom. The highest BCUT2D eigenvalue weighted by molar-refractivity contribution is 5.74. The lowest BCUT2D eigenvalue weighted by molar-refractivity contribution is -0.139. The number of aromatic hydroxyl groups is 1. The van der Waals surface area contributed by atoms with Crippen LogP contribution in [-0.4, -0.2) is 42.0 Å². The third kappa shape index (κ3) is 2.74. The molecule has 0 bridgehead atoms. The Kier molecular flexibility index (Phi) is 4.14. The van der Waals surface area contributed by atoms with Gasteiger partial charge in [-0.25, -0.2) is 0 Å². The number of phenols is 1. The fraction of sp³-hybridized carbons (Fsp3) is 0.478. The van der Waals surface area contributed by atoms with E-state index in [1.165, 1.54) is 24.0 Å². The Bertz CT molecular complexity index is 841. The monoisotopic (exact) mass is 365 g/mol. The van der Waals surface area contributed by atoms with Crippen LogP contribution in [0.1, 0.15) is 42.7 Å². The first kappa shape index (κ1) is 17.1. The summed E-state index contributed by atoms with van der Waals surface area (Å²) in [5.74, 6) is 1.63. The first-order chi connectivity index (χ1) is 13.2. The summed E-state index contributed by atoms with van der Waals surface area (Å²) in [6, 6.07) is 12.3. The van der Waals surface area contributed by atoms with Gasteiger partial charge in [0.05, 0.1) is 13.2 Å². The second kappa shape index (κ2) is 6.54. The largest absolute Gasteiger partial charge is 0.507 e. The number of aryl methyl sites for hydroxylation is 1. The van der Waals surface area contributed by atoms with Gasteiger partial charge in [0.15, 0.2) is 5.72 Å². The molecule has 0 radical (unpaired) electrons. The average Bonchev–Trinajstić information content (AvgIpc) is 3.03. The van der Waals surface area contributed by atoms with E-state index in [-0.39, 0.29) is 5.72 Å². The maximum absolute atomic E-state index is 10.8. The van der Waals surface area contributed by atoms with E-state index < -0.39 is 0 Å². The summed E-state index contributed by atoms with van der Waals surface area (Å²) in [6.07, 6.45) is 4.58. The van der Waals surface area contributed by atoms with Crippen LogP contribution < -0.4 is 4.74 Å². The van der Waals surface area contributed by atoms with Gasteiger partial charge in [-0.1, -0.05) is 36.2 Å². The van der Waals surface area contributed by atoms with Gasteiger partial charge in [-0.3, -0.25) is 4.90 Å². The van der Waals surface area contributed by atoms with Crippen molar-refractivity contribution in [3.05, 3.63) is 47.5 Å². The Morgan fingerprint density at radius 2 is 1.85 bits per heavy atom. The molecule has 1 aliphatic carbocycles.